The number of hydrogen-bond acceptors (Lipinski definition) is 2. The molecule has 3 nitrogen and oxygen atoms in total. The number of carbonyl (C=O) groups excluding carboxylic acids is 1. The van der Waals surface area contributed by atoms with Gasteiger partial charge < -0.3 is 10.6 Å². The second kappa shape index (κ2) is 5.60. The zero-order chi connectivity index (χ0) is 15.0. The van der Waals surface area contributed by atoms with Crippen molar-refractivity contribution in [3.05, 3.63) is 30.3 Å². The molecule has 3 heteroatoms. The molecule has 22 heavy (non-hydrogen) atoms. The summed E-state index contributed by atoms with van der Waals surface area (Å²) in [6.45, 7) is 1.51. The first-order valence-corrected chi connectivity index (χ1v) is 8.81. The highest BCUT2D eigenvalue weighted by atomic mass is 16.2. The summed E-state index contributed by atoms with van der Waals surface area (Å²) < 4.78 is 0. The maximum atomic E-state index is 12.8. The smallest absolute Gasteiger partial charge is 0.226 e. The maximum absolute atomic E-state index is 12.8. The van der Waals surface area contributed by atoms with Gasteiger partial charge in [-0.05, 0) is 68.4 Å². The molecular formula is C19H26N2O. The second-order valence-electron chi connectivity index (χ2n) is 7.75. The molecule has 4 fully saturated rings. The summed E-state index contributed by atoms with van der Waals surface area (Å²) in [5.41, 5.74) is 1.10. The van der Waals surface area contributed by atoms with Crippen molar-refractivity contribution in [3.8, 4) is 0 Å². The van der Waals surface area contributed by atoms with Crippen molar-refractivity contribution in [3.63, 3.8) is 0 Å². The first-order chi connectivity index (χ1) is 10.7. The predicted molar refractivity (Wildman–Crippen MR) is 88.5 cm³/mol. The molecule has 5 rings (SSSR count). The van der Waals surface area contributed by atoms with Gasteiger partial charge in [0.25, 0.3) is 0 Å². The van der Waals surface area contributed by atoms with Crippen molar-refractivity contribution >= 4 is 11.6 Å². The predicted octanol–water partition coefficient (Wildman–Crippen LogP) is 3.43. The fourth-order valence-electron chi connectivity index (χ4n) is 5.52. The first kappa shape index (κ1) is 14.1. The molecule has 4 aliphatic rings. The van der Waals surface area contributed by atoms with Gasteiger partial charge in [0, 0.05) is 24.2 Å². The number of carbonyl (C=O) groups is 1. The molecule has 118 valence electrons. The van der Waals surface area contributed by atoms with Crippen LogP contribution in [0.3, 0.4) is 0 Å². The monoisotopic (exact) mass is 298 g/mol. The molecule has 0 heterocycles. The fraction of sp³-hybridized carbons (Fsp3) is 0.632. The van der Waals surface area contributed by atoms with Gasteiger partial charge in [-0.15, -0.1) is 0 Å². The van der Waals surface area contributed by atoms with E-state index in [1.54, 1.807) is 0 Å². The molecule has 0 spiro atoms. The number of amides is 1. The van der Waals surface area contributed by atoms with Gasteiger partial charge in [0.2, 0.25) is 5.91 Å². The Morgan fingerprint density at radius 1 is 0.955 bits per heavy atom. The summed E-state index contributed by atoms with van der Waals surface area (Å²) in [5.74, 6) is 2.83. The highest BCUT2D eigenvalue weighted by molar-refractivity contribution is 5.83. The van der Waals surface area contributed by atoms with Gasteiger partial charge in [-0.25, -0.2) is 0 Å². The topological polar surface area (TPSA) is 41.1 Å². The molecule has 0 atom stereocenters. The largest absolute Gasteiger partial charge is 0.383 e. The van der Waals surface area contributed by atoms with Crippen molar-refractivity contribution in [2.24, 2.45) is 23.2 Å². The Kier molecular flexibility index (Phi) is 3.59. The van der Waals surface area contributed by atoms with Gasteiger partial charge >= 0.3 is 0 Å². The lowest BCUT2D eigenvalue weighted by atomic mass is 9.49. The minimum absolute atomic E-state index is 0.0124. The molecule has 0 radical (unpaired) electrons. The Morgan fingerprint density at radius 2 is 1.55 bits per heavy atom. The maximum Gasteiger partial charge on any atom is 0.226 e. The van der Waals surface area contributed by atoms with Crippen molar-refractivity contribution in [1.82, 2.24) is 5.32 Å². The molecule has 0 aliphatic heterocycles. The lowest BCUT2D eigenvalue weighted by Crippen LogP contribution is -2.54. The third-order valence-corrected chi connectivity index (χ3v) is 6.03. The van der Waals surface area contributed by atoms with Gasteiger partial charge in [-0.3, -0.25) is 4.79 Å². The summed E-state index contributed by atoms with van der Waals surface area (Å²) in [7, 11) is 0. The summed E-state index contributed by atoms with van der Waals surface area (Å²) in [6.07, 6.45) is 7.62. The summed E-state index contributed by atoms with van der Waals surface area (Å²) in [5, 5.41) is 6.57. The SMILES string of the molecule is O=C(NCCNc1ccccc1)C12CC3CC(CC(C3)C1)C2. The van der Waals surface area contributed by atoms with E-state index in [1.807, 2.05) is 18.2 Å². The summed E-state index contributed by atoms with van der Waals surface area (Å²) >= 11 is 0. The van der Waals surface area contributed by atoms with Crippen molar-refractivity contribution < 1.29 is 4.79 Å². The van der Waals surface area contributed by atoms with E-state index in [9.17, 15) is 4.79 Å². The Labute approximate surface area is 132 Å². The molecule has 4 saturated carbocycles. The van der Waals surface area contributed by atoms with E-state index in [4.69, 9.17) is 0 Å². The third-order valence-electron chi connectivity index (χ3n) is 6.03. The van der Waals surface area contributed by atoms with Crippen LogP contribution in [0, 0.1) is 23.2 Å². The van der Waals surface area contributed by atoms with Crippen molar-refractivity contribution in [2.75, 3.05) is 18.4 Å². The first-order valence-electron chi connectivity index (χ1n) is 8.81. The summed E-state index contributed by atoms with van der Waals surface area (Å²) in [6, 6.07) is 10.2. The van der Waals surface area contributed by atoms with Gasteiger partial charge in [0.1, 0.15) is 0 Å². The number of rotatable bonds is 5. The van der Waals surface area contributed by atoms with Crippen LogP contribution >= 0.6 is 0 Å². The third kappa shape index (κ3) is 2.62. The second-order valence-corrected chi connectivity index (χ2v) is 7.75. The van der Waals surface area contributed by atoms with Gasteiger partial charge in [0.05, 0.1) is 0 Å². The number of benzene rings is 1. The van der Waals surface area contributed by atoms with Crippen LogP contribution in [0.15, 0.2) is 30.3 Å². The molecule has 2 N–H and O–H groups in total. The van der Waals surface area contributed by atoms with Crippen molar-refractivity contribution in [2.45, 2.75) is 38.5 Å². The molecule has 0 aromatic heterocycles. The van der Waals surface area contributed by atoms with Crippen LogP contribution in [-0.4, -0.2) is 19.0 Å². The van der Waals surface area contributed by atoms with E-state index in [0.717, 1.165) is 55.8 Å². The van der Waals surface area contributed by atoms with E-state index in [2.05, 4.69) is 22.8 Å². The molecular weight excluding hydrogens is 272 g/mol. The molecule has 4 bridgehead atoms. The van der Waals surface area contributed by atoms with Crippen LogP contribution in [0.5, 0.6) is 0 Å². The Hall–Kier alpha value is -1.51. The number of nitrogens with one attached hydrogen (secondary N) is 2. The van der Waals surface area contributed by atoms with Crippen molar-refractivity contribution in [1.29, 1.82) is 0 Å². The average Bonchev–Trinajstić information content (AvgIpc) is 2.51. The molecule has 1 aromatic carbocycles. The Morgan fingerprint density at radius 3 is 2.14 bits per heavy atom. The number of para-hydroxylation sites is 1. The normalized spacial score (nSPS) is 35.4. The Bertz CT molecular complexity index is 504. The minimum Gasteiger partial charge on any atom is -0.383 e. The fourth-order valence-corrected chi connectivity index (χ4v) is 5.52. The van der Waals surface area contributed by atoms with E-state index in [1.165, 1.54) is 19.3 Å². The van der Waals surface area contributed by atoms with Gasteiger partial charge in [-0.1, -0.05) is 18.2 Å². The van der Waals surface area contributed by atoms with E-state index >= 15 is 0 Å². The lowest BCUT2D eigenvalue weighted by molar-refractivity contribution is -0.146. The Balaban J connectivity index is 1.29. The zero-order valence-corrected chi connectivity index (χ0v) is 13.2. The van der Waals surface area contributed by atoms with Gasteiger partial charge in [-0.2, -0.15) is 0 Å². The molecule has 1 amide bonds. The summed E-state index contributed by atoms with van der Waals surface area (Å²) in [4.78, 5) is 12.8. The zero-order valence-electron chi connectivity index (χ0n) is 13.2. The number of anilines is 1. The molecule has 0 unspecified atom stereocenters. The van der Waals surface area contributed by atoms with Crippen LogP contribution in [0.2, 0.25) is 0 Å². The molecule has 0 saturated heterocycles. The van der Waals surface area contributed by atoms with Crippen LogP contribution in [0.25, 0.3) is 0 Å². The highest BCUT2D eigenvalue weighted by Gasteiger charge is 2.54. The standard InChI is InChI=1S/C19H26N2O/c22-18(21-7-6-20-17-4-2-1-3-5-17)19-11-14-8-15(12-19)10-16(9-14)13-19/h1-5,14-16,20H,6-13H2,(H,21,22). The van der Waals surface area contributed by atoms with E-state index in [0.29, 0.717) is 5.91 Å². The molecule has 1 aromatic rings. The average molecular weight is 298 g/mol. The van der Waals surface area contributed by atoms with Crippen LogP contribution < -0.4 is 10.6 Å². The minimum atomic E-state index is -0.0124. The van der Waals surface area contributed by atoms with Gasteiger partial charge in [0.15, 0.2) is 0 Å². The number of hydrogen-bond donors (Lipinski definition) is 2. The highest BCUT2D eigenvalue weighted by Crippen LogP contribution is 2.60. The molecule has 4 aliphatic carbocycles. The van der Waals surface area contributed by atoms with E-state index in [-0.39, 0.29) is 5.41 Å². The van der Waals surface area contributed by atoms with Crippen LogP contribution in [-0.2, 0) is 4.79 Å². The van der Waals surface area contributed by atoms with E-state index < -0.39 is 0 Å². The van der Waals surface area contributed by atoms with Crippen LogP contribution in [0.1, 0.15) is 38.5 Å². The quantitative estimate of drug-likeness (QED) is 0.818. The van der Waals surface area contributed by atoms with Crippen LogP contribution in [0.4, 0.5) is 5.69 Å². The lowest BCUT2D eigenvalue weighted by Gasteiger charge is -2.55.